The summed E-state index contributed by atoms with van der Waals surface area (Å²) in [7, 11) is 1.35. The number of aryl methyl sites for hydroxylation is 1. The van der Waals surface area contributed by atoms with Crippen LogP contribution in [-0.2, 0) is 9.53 Å². The molecule has 2 atom stereocenters. The number of hydrogen-bond donors (Lipinski definition) is 2. The fraction of sp³-hybridized carbons (Fsp3) is 0.185. The van der Waals surface area contributed by atoms with Gasteiger partial charge in [0.05, 0.1) is 18.7 Å². The highest BCUT2D eigenvalue weighted by Gasteiger charge is 2.38. The summed E-state index contributed by atoms with van der Waals surface area (Å²) in [6, 6.07) is 22.2. The standard InChI is InChI=1S/C27H25N5O3S/c1-16-8-7-11-21(17(16)2)28-25(33)23-22(18-12-14-20(15-13-18)26(34)35-3)31-32-24(29-30-27(32)36-23)19-9-5-4-6-10-19/h4-15,22-23,31H,1-3H3,(H,28,33)/t22-,23+/m1/s1. The minimum Gasteiger partial charge on any atom is -0.465 e. The van der Waals surface area contributed by atoms with Crippen LogP contribution in [0.1, 0.15) is 33.1 Å². The number of nitrogens with one attached hydrogen (secondary N) is 2. The summed E-state index contributed by atoms with van der Waals surface area (Å²) in [5, 5.41) is 11.9. The summed E-state index contributed by atoms with van der Waals surface area (Å²) < 4.78 is 6.65. The van der Waals surface area contributed by atoms with Crippen LogP contribution in [0.25, 0.3) is 11.4 Å². The molecule has 8 nitrogen and oxygen atoms in total. The van der Waals surface area contributed by atoms with E-state index >= 15 is 0 Å². The molecule has 0 saturated carbocycles. The second-order valence-corrected chi connectivity index (χ2v) is 9.61. The second kappa shape index (κ2) is 9.87. The van der Waals surface area contributed by atoms with Gasteiger partial charge in [0.15, 0.2) is 5.82 Å². The van der Waals surface area contributed by atoms with Gasteiger partial charge in [0, 0.05) is 11.3 Å². The average Bonchev–Trinajstić information content (AvgIpc) is 3.33. The van der Waals surface area contributed by atoms with Crippen molar-refractivity contribution < 1.29 is 14.3 Å². The summed E-state index contributed by atoms with van der Waals surface area (Å²) >= 11 is 1.35. The highest BCUT2D eigenvalue weighted by atomic mass is 32.2. The third-order valence-electron chi connectivity index (χ3n) is 6.28. The maximum atomic E-state index is 13.6. The summed E-state index contributed by atoms with van der Waals surface area (Å²) in [6.45, 7) is 4.00. The molecule has 0 unspecified atom stereocenters. The maximum absolute atomic E-state index is 13.6. The Morgan fingerprint density at radius 1 is 0.972 bits per heavy atom. The smallest absolute Gasteiger partial charge is 0.337 e. The number of fused-ring (bicyclic) bond motifs is 1. The van der Waals surface area contributed by atoms with Gasteiger partial charge < -0.3 is 15.5 Å². The first-order valence-electron chi connectivity index (χ1n) is 11.5. The van der Waals surface area contributed by atoms with Crippen LogP contribution in [0, 0.1) is 13.8 Å². The minimum absolute atomic E-state index is 0.154. The van der Waals surface area contributed by atoms with E-state index in [-0.39, 0.29) is 5.91 Å². The molecule has 1 aliphatic heterocycles. The van der Waals surface area contributed by atoms with Crippen LogP contribution in [0.2, 0.25) is 0 Å². The van der Waals surface area contributed by atoms with E-state index in [1.54, 1.807) is 12.1 Å². The summed E-state index contributed by atoms with van der Waals surface area (Å²) in [5.41, 5.74) is 8.55. The van der Waals surface area contributed by atoms with Crippen molar-refractivity contribution in [3.05, 3.63) is 95.1 Å². The van der Waals surface area contributed by atoms with Crippen molar-refractivity contribution in [2.75, 3.05) is 17.9 Å². The van der Waals surface area contributed by atoms with Gasteiger partial charge in [-0.05, 0) is 48.7 Å². The maximum Gasteiger partial charge on any atom is 0.337 e. The second-order valence-electron chi connectivity index (χ2n) is 8.50. The van der Waals surface area contributed by atoms with Crippen LogP contribution in [0.15, 0.2) is 78.0 Å². The Bertz CT molecular complexity index is 1420. The number of benzene rings is 3. The highest BCUT2D eigenvalue weighted by molar-refractivity contribution is 8.00. The largest absolute Gasteiger partial charge is 0.465 e. The third kappa shape index (κ3) is 4.45. The fourth-order valence-corrected chi connectivity index (χ4v) is 5.19. The lowest BCUT2D eigenvalue weighted by atomic mass is 10.0. The van der Waals surface area contributed by atoms with Crippen molar-refractivity contribution >= 4 is 29.3 Å². The first-order valence-corrected chi connectivity index (χ1v) is 12.3. The molecule has 0 spiro atoms. The van der Waals surface area contributed by atoms with Crippen molar-refractivity contribution in [1.82, 2.24) is 14.9 Å². The third-order valence-corrected chi connectivity index (χ3v) is 7.50. The first kappa shape index (κ1) is 23.6. The summed E-state index contributed by atoms with van der Waals surface area (Å²) in [4.78, 5) is 25.6. The number of carbonyl (C=O) groups excluding carboxylic acids is 2. The van der Waals surface area contributed by atoms with E-state index in [1.165, 1.54) is 18.9 Å². The molecule has 0 bridgehead atoms. The van der Waals surface area contributed by atoms with E-state index in [1.807, 2.05) is 79.2 Å². The van der Waals surface area contributed by atoms with E-state index in [4.69, 9.17) is 4.74 Å². The zero-order chi connectivity index (χ0) is 25.2. The van der Waals surface area contributed by atoms with Crippen molar-refractivity contribution in [1.29, 1.82) is 0 Å². The molecule has 0 radical (unpaired) electrons. The number of carbonyl (C=O) groups is 2. The molecule has 2 N–H and O–H groups in total. The van der Waals surface area contributed by atoms with Gasteiger partial charge in [-0.15, -0.1) is 10.2 Å². The summed E-state index contributed by atoms with van der Waals surface area (Å²) in [5.74, 6) is 0.0885. The SMILES string of the molecule is COC(=O)c1ccc([C@H]2Nn3c(nnc3-c3ccccc3)S[C@@H]2C(=O)Nc2cccc(C)c2C)cc1. The van der Waals surface area contributed by atoms with Crippen LogP contribution >= 0.6 is 11.8 Å². The number of aromatic nitrogens is 3. The van der Waals surface area contributed by atoms with E-state index in [2.05, 4.69) is 20.9 Å². The normalized spacial score (nSPS) is 16.5. The van der Waals surface area contributed by atoms with Gasteiger partial charge in [-0.1, -0.05) is 66.4 Å². The van der Waals surface area contributed by atoms with E-state index in [0.717, 1.165) is 27.9 Å². The van der Waals surface area contributed by atoms with Gasteiger partial charge in [-0.25, -0.2) is 9.47 Å². The quantitative estimate of drug-likeness (QED) is 0.383. The number of methoxy groups -OCH3 is 1. The van der Waals surface area contributed by atoms with Gasteiger partial charge in [0.25, 0.3) is 0 Å². The average molecular weight is 500 g/mol. The lowest BCUT2D eigenvalue weighted by molar-refractivity contribution is -0.116. The Labute approximate surface area is 213 Å². The molecule has 1 aliphatic rings. The summed E-state index contributed by atoms with van der Waals surface area (Å²) in [6.07, 6.45) is 0. The van der Waals surface area contributed by atoms with E-state index in [9.17, 15) is 9.59 Å². The molecule has 0 fully saturated rings. The number of esters is 1. The number of rotatable bonds is 5. The predicted molar refractivity (Wildman–Crippen MR) is 140 cm³/mol. The van der Waals surface area contributed by atoms with E-state index < -0.39 is 17.3 Å². The lowest BCUT2D eigenvalue weighted by Crippen LogP contribution is -2.41. The topological polar surface area (TPSA) is 98.1 Å². The number of amides is 1. The van der Waals surface area contributed by atoms with Crippen LogP contribution in [-0.4, -0.2) is 39.1 Å². The number of ether oxygens (including phenoxy) is 1. The molecule has 5 rings (SSSR count). The molecule has 3 aromatic carbocycles. The van der Waals surface area contributed by atoms with Crippen molar-refractivity contribution in [3.8, 4) is 11.4 Å². The number of thioether (sulfide) groups is 1. The van der Waals surface area contributed by atoms with Crippen LogP contribution < -0.4 is 10.7 Å². The number of nitrogens with zero attached hydrogens (tertiary/aromatic N) is 3. The van der Waals surface area contributed by atoms with Gasteiger partial charge in [0.1, 0.15) is 5.25 Å². The number of hydrogen-bond acceptors (Lipinski definition) is 7. The Hall–Kier alpha value is -4.11. The van der Waals surface area contributed by atoms with Gasteiger partial charge in [0.2, 0.25) is 11.1 Å². The van der Waals surface area contributed by atoms with Crippen molar-refractivity contribution in [2.45, 2.75) is 30.3 Å². The Morgan fingerprint density at radius 3 is 2.44 bits per heavy atom. The fourth-order valence-electron chi connectivity index (χ4n) is 4.11. The number of anilines is 1. The predicted octanol–water partition coefficient (Wildman–Crippen LogP) is 4.75. The van der Waals surface area contributed by atoms with Crippen LogP contribution in [0.5, 0.6) is 0 Å². The Kier molecular flexibility index (Phi) is 6.47. The molecule has 2 heterocycles. The monoisotopic (exact) mass is 499 g/mol. The molecule has 0 saturated heterocycles. The Balaban J connectivity index is 1.52. The van der Waals surface area contributed by atoms with Crippen molar-refractivity contribution in [2.24, 2.45) is 0 Å². The molecule has 1 amide bonds. The van der Waals surface area contributed by atoms with Gasteiger partial charge in [-0.2, -0.15) is 0 Å². The molecular formula is C27H25N5O3S. The zero-order valence-corrected chi connectivity index (χ0v) is 20.9. The molecule has 36 heavy (non-hydrogen) atoms. The highest BCUT2D eigenvalue weighted by Crippen LogP contribution is 2.39. The molecule has 4 aromatic rings. The molecule has 182 valence electrons. The molecule has 0 aliphatic carbocycles. The molecular weight excluding hydrogens is 474 g/mol. The lowest BCUT2D eigenvalue weighted by Gasteiger charge is -2.33. The van der Waals surface area contributed by atoms with Crippen LogP contribution in [0.3, 0.4) is 0 Å². The van der Waals surface area contributed by atoms with Crippen molar-refractivity contribution in [3.63, 3.8) is 0 Å². The first-order chi connectivity index (χ1) is 17.5. The van der Waals surface area contributed by atoms with Gasteiger partial charge >= 0.3 is 5.97 Å². The molecule has 1 aromatic heterocycles. The van der Waals surface area contributed by atoms with E-state index in [0.29, 0.717) is 16.5 Å². The zero-order valence-electron chi connectivity index (χ0n) is 20.1. The van der Waals surface area contributed by atoms with Crippen LogP contribution in [0.4, 0.5) is 5.69 Å². The molecule has 9 heteroatoms. The van der Waals surface area contributed by atoms with Gasteiger partial charge in [-0.3, -0.25) is 4.79 Å². The Morgan fingerprint density at radius 2 is 1.72 bits per heavy atom. The minimum atomic E-state index is -0.547.